The molecule has 0 saturated heterocycles. The first-order valence-electron chi connectivity index (χ1n) is 5.38. The number of rotatable bonds is 2. The van der Waals surface area contributed by atoms with Crippen molar-refractivity contribution in [2.75, 3.05) is 0 Å². The van der Waals surface area contributed by atoms with Crippen molar-refractivity contribution >= 4 is 0 Å². The van der Waals surface area contributed by atoms with Crippen molar-refractivity contribution < 1.29 is 18.3 Å². The molecule has 0 amide bonds. The fourth-order valence-corrected chi connectivity index (χ4v) is 1.71. The maximum atomic E-state index is 12.6. The van der Waals surface area contributed by atoms with Gasteiger partial charge in [0.05, 0.1) is 5.56 Å². The van der Waals surface area contributed by atoms with E-state index in [2.05, 4.69) is 0 Å². The minimum Gasteiger partial charge on any atom is -0.384 e. The first-order chi connectivity index (χ1) is 8.48. The number of aliphatic hydroxyl groups is 1. The molecular formula is C14H11F3O. The van der Waals surface area contributed by atoms with E-state index in [1.54, 1.807) is 30.3 Å². The van der Waals surface area contributed by atoms with E-state index in [-0.39, 0.29) is 5.56 Å². The molecule has 18 heavy (non-hydrogen) atoms. The van der Waals surface area contributed by atoms with Crippen LogP contribution in [0.2, 0.25) is 0 Å². The van der Waals surface area contributed by atoms with Gasteiger partial charge >= 0.3 is 6.18 Å². The molecule has 94 valence electrons. The summed E-state index contributed by atoms with van der Waals surface area (Å²) in [7, 11) is 0. The Hall–Kier alpha value is -1.81. The standard InChI is InChI=1S/C14H11F3O/c15-14(16,17)12-8-4-7-11(9-12)13(18)10-5-2-1-3-6-10/h1-9,13,18H. The van der Waals surface area contributed by atoms with Crippen molar-refractivity contribution in [3.05, 3.63) is 71.3 Å². The van der Waals surface area contributed by atoms with Crippen LogP contribution in [0.15, 0.2) is 54.6 Å². The Kier molecular flexibility index (Phi) is 3.39. The summed E-state index contributed by atoms with van der Waals surface area (Å²) in [5.74, 6) is 0. The van der Waals surface area contributed by atoms with Gasteiger partial charge in [-0.05, 0) is 23.3 Å². The first kappa shape index (κ1) is 12.6. The lowest BCUT2D eigenvalue weighted by Gasteiger charge is -2.13. The molecule has 0 heterocycles. The molecule has 2 rings (SSSR count). The fraction of sp³-hybridized carbons (Fsp3) is 0.143. The molecule has 0 saturated carbocycles. The molecule has 0 radical (unpaired) electrons. The van der Waals surface area contributed by atoms with Gasteiger partial charge in [0.25, 0.3) is 0 Å². The van der Waals surface area contributed by atoms with E-state index in [0.29, 0.717) is 5.56 Å². The van der Waals surface area contributed by atoms with Crippen molar-refractivity contribution in [2.24, 2.45) is 0 Å². The Bertz CT molecular complexity index is 520. The van der Waals surface area contributed by atoms with E-state index in [1.807, 2.05) is 0 Å². The van der Waals surface area contributed by atoms with E-state index in [1.165, 1.54) is 12.1 Å². The van der Waals surface area contributed by atoms with Gasteiger partial charge in [0.1, 0.15) is 6.10 Å². The molecule has 2 aromatic rings. The van der Waals surface area contributed by atoms with Crippen molar-refractivity contribution in [1.82, 2.24) is 0 Å². The zero-order valence-electron chi connectivity index (χ0n) is 9.35. The highest BCUT2D eigenvalue weighted by molar-refractivity contribution is 5.33. The Morgan fingerprint density at radius 1 is 0.833 bits per heavy atom. The van der Waals surface area contributed by atoms with E-state index < -0.39 is 17.8 Å². The van der Waals surface area contributed by atoms with Crippen LogP contribution in [0.4, 0.5) is 13.2 Å². The molecule has 1 N–H and O–H groups in total. The lowest BCUT2D eigenvalue weighted by atomic mass is 10.00. The molecule has 0 spiro atoms. The van der Waals surface area contributed by atoms with Crippen molar-refractivity contribution in [3.63, 3.8) is 0 Å². The van der Waals surface area contributed by atoms with Crippen LogP contribution in [0.1, 0.15) is 22.8 Å². The van der Waals surface area contributed by atoms with Crippen molar-refractivity contribution in [2.45, 2.75) is 12.3 Å². The number of halogens is 3. The van der Waals surface area contributed by atoms with Crippen LogP contribution < -0.4 is 0 Å². The lowest BCUT2D eigenvalue weighted by molar-refractivity contribution is -0.137. The number of hydrogen-bond donors (Lipinski definition) is 1. The van der Waals surface area contributed by atoms with Crippen molar-refractivity contribution in [3.8, 4) is 0 Å². The maximum Gasteiger partial charge on any atom is 0.416 e. The molecule has 0 aliphatic heterocycles. The third-order valence-electron chi connectivity index (χ3n) is 2.65. The summed E-state index contributed by atoms with van der Waals surface area (Å²) in [6.45, 7) is 0. The summed E-state index contributed by atoms with van der Waals surface area (Å²) in [4.78, 5) is 0. The van der Waals surface area contributed by atoms with Crippen LogP contribution in [-0.4, -0.2) is 5.11 Å². The number of hydrogen-bond acceptors (Lipinski definition) is 1. The number of aliphatic hydroxyl groups excluding tert-OH is 1. The maximum absolute atomic E-state index is 12.6. The molecule has 0 aliphatic carbocycles. The predicted octanol–water partition coefficient (Wildman–Crippen LogP) is 3.79. The first-order valence-corrected chi connectivity index (χ1v) is 5.38. The lowest BCUT2D eigenvalue weighted by Crippen LogP contribution is -2.07. The minimum atomic E-state index is -4.40. The average molecular weight is 252 g/mol. The highest BCUT2D eigenvalue weighted by Gasteiger charge is 2.30. The molecule has 4 heteroatoms. The fourth-order valence-electron chi connectivity index (χ4n) is 1.71. The van der Waals surface area contributed by atoms with Gasteiger partial charge in [0, 0.05) is 0 Å². The van der Waals surface area contributed by atoms with Crippen LogP contribution >= 0.6 is 0 Å². The van der Waals surface area contributed by atoms with Crippen molar-refractivity contribution in [1.29, 1.82) is 0 Å². The molecular weight excluding hydrogens is 241 g/mol. The van der Waals surface area contributed by atoms with Gasteiger partial charge in [-0.2, -0.15) is 13.2 Å². The Morgan fingerprint density at radius 2 is 1.44 bits per heavy atom. The zero-order chi connectivity index (χ0) is 13.2. The average Bonchev–Trinajstić information content (AvgIpc) is 2.38. The quantitative estimate of drug-likeness (QED) is 0.862. The summed E-state index contributed by atoms with van der Waals surface area (Å²) in [6, 6.07) is 13.3. The Morgan fingerprint density at radius 3 is 2.06 bits per heavy atom. The predicted molar refractivity (Wildman–Crippen MR) is 61.9 cm³/mol. The van der Waals surface area contributed by atoms with Crippen LogP contribution in [0.25, 0.3) is 0 Å². The summed E-state index contributed by atoms with van der Waals surface area (Å²) in [5.41, 5.74) is 0.0443. The third-order valence-corrected chi connectivity index (χ3v) is 2.65. The van der Waals surface area contributed by atoms with Gasteiger partial charge in [-0.1, -0.05) is 42.5 Å². The summed E-state index contributed by atoms with van der Waals surface area (Å²) in [6.07, 6.45) is -5.44. The van der Waals surface area contributed by atoms with E-state index in [4.69, 9.17) is 0 Å². The second-order valence-electron chi connectivity index (χ2n) is 3.94. The molecule has 1 nitrogen and oxygen atoms in total. The number of benzene rings is 2. The van der Waals surface area contributed by atoms with Gasteiger partial charge in [-0.3, -0.25) is 0 Å². The van der Waals surface area contributed by atoms with E-state index in [0.717, 1.165) is 12.1 Å². The molecule has 0 bridgehead atoms. The number of alkyl halides is 3. The third kappa shape index (κ3) is 2.71. The van der Waals surface area contributed by atoms with Gasteiger partial charge in [0.15, 0.2) is 0 Å². The van der Waals surface area contributed by atoms with Gasteiger partial charge in [-0.25, -0.2) is 0 Å². The van der Waals surface area contributed by atoms with Crippen LogP contribution in [0, 0.1) is 0 Å². The second kappa shape index (κ2) is 4.82. The monoisotopic (exact) mass is 252 g/mol. The second-order valence-corrected chi connectivity index (χ2v) is 3.94. The smallest absolute Gasteiger partial charge is 0.384 e. The molecule has 1 atom stereocenters. The molecule has 0 aliphatic rings. The van der Waals surface area contributed by atoms with Gasteiger partial charge in [0.2, 0.25) is 0 Å². The van der Waals surface area contributed by atoms with Crippen LogP contribution in [-0.2, 0) is 6.18 Å². The Balaban J connectivity index is 2.35. The van der Waals surface area contributed by atoms with Crippen LogP contribution in [0.3, 0.4) is 0 Å². The normalized spacial score (nSPS) is 13.3. The van der Waals surface area contributed by atoms with E-state index in [9.17, 15) is 18.3 Å². The zero-order valence-corrected chi connectivity index (χ0v) is 9.35. The summed E-state index contributed by atoms with van der Waals surface area (Å²) in [5, 5.41) is 10.0. The summed E-state index contributed by atoms with van der Waals surface area (Å²) < 4.78 is 37.7. The summed E-state index contributed by atoms with van der Waals surface area (Å²) >= 11 is 0. The highest BCUT2D eigenvalue weighted by Crippen LogP contribution is 2.31. The highest BCUT2D eigenvalue weighted by atomic mass is 19.4. The van der Waals surface area contributed by atoms with E-state index >= 15 is 0 Å². The topological polar surface area (TPSA) is 20.2 Å². The molecule has 2 aromatic carbocycles. The Labute approximate surface area is 103 Å². The van der Waals surface area contributed by atoms with Gasteiger partial charge in [-0.15, -0.1) is 0 Å². The molecule has 0 fully saturated rings. The van der Waals surface area contributed by atoms with Gasteiger partial charge < -0.3 is 5.11 Å². The minimum absolute atomic E-state index is 0.232. The van der Waals surface area contributed by atoms with Crippen LogP contribution in [0.5, 0.6) is 0 Å². The molecule has 1 unspecified atom stereocenters. The largest absolute Gasteiger partial charge is 0.416 e. The SMILES string of the molecule is OC(c1ccccc1)c1cccc(C(F)(F)F)c1. The molecule has 0 aromatic heterocycles.